The van der Waals surface area contributed by atoms with E-state index in [1.165, 1.54) is 0 Å². The van der Waals surface area contributed by atoms with Gasteiger partial charge >= 0.3 is 0 Å². The van der Waals surface area contributed by atoms with Gasteiger partial charge < -0.3 is 15.4 Å². The number of carbonyl (C=O) groups is 1. The number of hydrogen-bond acceptors (Lipinski definition) is 5. The minimum absolute atomic E-state index is 0. The zero-order chi connectivity index (χ0) is 17.1. The van der Waals surface area contributed by atoms with Crippen molar-refractivity contribution in [1.82, 2.24) is 25.6 Å². The zero-order valence-corrected chi connectivity index (χ0v) is 15.5. The minimum Gasteiger partial charge on any atom is -0.491 e. The first-order chi connectivity index (χ1) is 11.5. The highest BCUT2D eigenvalue weighted by Gasteiger charge is 2.22. The van der Waals surface area contributed by atoms with Gasteiger partial charge in [0.25, 0.3) is 5.91 Å². The molecule has 136 valence electrons. The van der Waals surface area contributed by atoms with Crippen LogP contribution in [0.1, 0.15) is 36.5 Å². The average Bonchev–Trinajstić information content (AvgIpc) is 3.17. The number of aromatic nitrogens is 3. The molecular weight excluding hydrogens is 342 g/mol. The third-order valence-corrected chi connectivity index (χ3v) is 3.96. The van der Waals surface area contributed by atoms with Crippen LogP contribution in [0.4, 0.5) is 0 Å². The van der Waals surface area contributed by atoms with Gasteiger partial charge in [-0.15, -0.1) is 17.5 Å². The van der Waals surface area contributed by atoms with Crippen molar-refractivity contribution in [2.75, 3.05) is 13.1 Å². The second-order valence-electron chi connectivity index (χ2n) is 6.26. The third kappa shape index (κ3) is 4.49. The molecule has 1 amide bonds. The van der Waals surface area contributed by atoms with Crippen molar-refractivity contribution in [1.29, 1.82) is 0 Å². The lowest BCUT2D eigenvalue weighted by Crippen LogP contribution is -2.36. The van der Waals surface area contributed by atoms with Crippen LogP contribution < -0.4 is 15.4 Å². The first-order valence-corrected chi connectivity index (χ1v) is 8.25. The van der Waals surface area contributed by atoms with E-state index in [0.717, 1.165) is 36.6 Å². The Kier molecular flexibility index (Phi) is 6.39. The molecule has 1 aliphatic heterocycles. The number of ether oxygens (including phenoxy) is 1. The van der Waals surface area contributed by atoms with Gasteiger partial charge in [-0.3, -0.25) is 4.79 Å². The van der Waals surface area contributed by atoms with E-state index in [2.05, 4.69) is 20.9 Å². The highest BCUT2D eigenvalue weighted by atomic mass is 35.5. The maximum Gasteiger partial charge on any atom is 0.274 e. The molecule has 0 saturated carbocycles. The Hall–Kier alpha value is -2.12. The topological polar surface area (TPSA) is 81.1 Å². The number of amides is 1. The Morgan fingerprint density at radius 2 is 2.08 bits per heavy atom. The number of carbonyl (C=O) groups excluding carboxylic acids is 1. The normalized spacial score (nSPS) is 16.6. The summed E-state index contributed by atoms with van der Waals surface area (Å²) in [5.41, 5.74) is 1.93. The molecule has 1 fully saturated rings. The molecule has 1 aliphatic rings. The van der Waals surface area contributed by atoms with Gasteiger partial charge in [0, 0.05) is 12.6 Å². The van der Waals surface area contributed by atoms with Crippen molar-refractivity contribution in [3.05, 3.63) is 35.7 Å². The van der Waals surface area contributed by atoms with Gasteiger partial charge in [0.2, 0.25) is 0 Å². The van der Waals surface area contributed by atoms with E-state index in [-0.39, 0.29) is 30.5 Å². The van der Waals surface area contributed by atoms with Gasteiger partial charge in [0.15, 0.2) is 5.69 Å². The van der Waals surface area contributed by atoms with Crippen LogP contribution in [0.3, 0.4) is 0 Å². The zero-order valence-electron chi connectivity index (χ0n) is 14.7. The number of nitrogens with zero attached hydrogens (tertiary/aromatic N) is 3. The molecule has 0 radical (unpaired) electrons. The highest BCUT2D eigenvalue weighted by molar-refractivity contribution is 5.93. The second-order valence-corrected chi connectivity index (χ2v) is 6.26. The molecule has 1 aromatic heterocycles. The molecule has 2 N–H and O–H groups in total. The summed E-state index contributed by atoms with van der Waals surface area (Å²) in [5.74, 6) is 0.630. The van der Waals surface area contributed by atoms with Crippen LogP contribution >= 0.6 is 12.4 Å². The van der Waals surface area contributed by atoms with Crippen LogP contribution in [0, 0.1) is 6.92 Å². The Balaban J connectivity index is 0.00000225. The molecule has 1 aromatic carbocycles. The molecule has 1 unspecified atom stereocenters. The predicted molar refractivity (Wildman–Crippen MR) is 97.8 cm³/mol. The van der Waals surface area contributed by atoms with E-state index >= 15 is 0 Å². The van der Waals surface area contributed by atoms with Gasteiger partial charge in [0.1, 0.15) is 5.75 Å². The van der Waals surface area contributed by atoms with E-state index in [1.54, 1.807) is 4.68 Å². The molecular formula is C17H24ClN5O2. The van der Waals surface area contributed by atoms with Crippen molar-refractivity contribution in [3.63, 3.8) is 0 Å². The quantitative estimate of drug-likeness (QED) is 0.845. The molecule has 0 bridgehead atoms. The summed E-state index contributed by atoms with van der Waals surface area (Å²) in [6, 6.07) is 7.75. The van der Waals surface area contributed by atoms with E-state index in [9.17, 15) is 4.79 Å². The SMILES string of the molecule is Cc1c(C(=O)NC2CCNC2)nnn1-c1ccc(OC(C)C)cc1.Cl. The maximum atomic E-state index is 12.4. The lowest BCUT2D eigenvalue weighted by Gasteiger charge is -2.11. The summed E-state index contributed by atoms with van der Waals surface area (Å²) < 4.78 is 7.31. The fraction of sp³-hybridized carbons (Fsp3) is 0.471. The second kappa shape index (κ2) is 8.31. The van der Waals surface area contributed by atoms with E-state index in [1.807, 2.05) is 45.0 Å². The summed E-state index contributed by atoms with van der Waals surface area (Å²) in [7, 11) is 0. The van der Waals surface area contributed by atoms with E-state index in [4.69, 9.17) is 4.74 Å². The van der Waals surface area contributed by atoms with E-state index in [0.29, 0.717) is 5.69 Å². The molecule has 0 aliphatic carbocycles. The number of halogens is 1. The van der Waals surface area contributed by atoms with Crippen LogP contribution in [0.5, 0.6) is 5.75 Å². The lowest BCUT2D eigenvalue weighted by atomic mass is 10.2. The third-order valence-electron chi connectivity index (χ3n) is 3.96. The summed E-state index contributed by atoms with van der Waals surface area (Å²) in [6.07, 6.45) is 1.07. The summed E-state index contributed by atoms with van der Waals surface area (Å²) in [4.78, 5) is 12.4. The number of hydrogen-bond donors (Lipinski definition) is 2. The van der Waals surface area contributed by atoms with Crippen molar-refractivity contribution in [2.45, 2.75) is 39.3 Å². The first kappa shape index (κ1) is 19.2. The monoisotopic (exact) mass is 365 g/mol. The molecule has 7 nitrogen and oxygen atoms in total. The van der Waals surface area contributed by atoms with Gasteiger partial charge in [-0.1, -0.05) is 5.21 Å². The molecule has 25 heavy (non-hydrogen) atoms. The molecule has 1 atom stereocenters. The standard InChI is InChI=1S/C17H23N5O2.ClH/c1-11(2)24-15-6-4-14(5-7-15)22-12(3)16(20-21-22)17(23)19-13-8-9-18-10-13;/h4-7,11,13,18H,8-10H2,1-3H3,(H,19,23);1H. The number of benzene rings is 1. The summed E-state index contributed by atoms with van der Waals surface area (Å²) in [5, 5.41) is 14.4. The molecule has 0 spiro atoms. The van der Waals surface area contributed by atoms with Crippen molar-refractivity contribution in [2.24, 2.45) is 0 Å². The molecule has 1 saturated heterocycles. The molecule has 8 heteroatoms. The number of nitrogens with one attached hydrogen (secondary N) is 2. The Labute approximate surface area is 153 Å². The lowest BCUT2D eigenvalue weighted by molar-refractivity contribution is 0.0934. The van der Waals surface area contributed by atoms with Crippen molar-refractivity contribution >= 4 is 18.3 Å². The summed E-state index contributed by atoms with van der Waals surface area (Å²) in [6.45, 7) is 7.55. The van der Waals surface area contributed by atoms with Crippen LogP contribution in [0.15, 0.2) is 24.3 Å². The number of rotatable bonds is 5. The Morgan fingerprint density at radius 3 is 2.68 bits per heavy atom. The fourth-order valence-electron chi connectivity index (χ4n) is 2.75. The van der Waals surface area contributed by atoms with E-state index < -0.39 is 0 Å². The van der Waals surface area contributed by atoms with Crippen LogP contribution in [0.2, 0.25) is 0 Å². The molecule has 2 heterocycles. The average molecular weight is 366 g/mol. The molecule has 2 aromatic rings. The first-order valence-electron chi connectivity index (χ1n) is 8.25. The fourth-order valence-corrected chi connectivity index (χ4v) is 2.75. The van der Waals surface area contributed by atoms with Gasteiger partial charge in [-0.05, 0) is 58.0 Å². The predicted octanol–water partition coefficient (Wildman–Crippen LogP) is 1.88. The van der Waals surface area contributed by atoms with Crippen molar-refractivity contribution in [3.8, 4) is 11.4 Å². The maximum absolute atomic E-state index is 12.4. The van der Waals surface area contributed by atoms with Gasteiger partial charge in [-0.25, -0.2) is 4.68 Å². The van der Waals surface area contributed by atoms with Crippen molar-refractivity contribution < 1.29 is 9.53 Å². The van der Waals surface area contributed by atoms with Crippen LogP contribution in [0.25, 0.3) is 5.69 Å². The van der Waals surface area contributed by atoms with Gasteiger partial charge in [0.05, 0.1) is 17.5 Å². The largest absolute Gasteiger partial charge is 0.491 e. The highest BCUT2D eigenvalue weighted by Crippen LogP contribution is 2.18. The Morgan fingerprint density at radius 1 is 1.36 bits per heavy atom. The smallest absolute Gasteiger partial charge is 0.274 e. The summed E-state index contributed by atoms with van der Waals surface area (Å²) >= 11 is 0. The molecule has 3 rings (SSSR count). The Bertz CT molecular complexity index is 708. The van der Waals surface area contributed by atoms with Gasteiger partial charge in [-0.2, -0.15) is 0 Å². The minimum atomic E-state index is -0.174. The van der Waals surface area contributed by atoms with Crippen LogP contribution in [-0.2, 0) is 0 Å². The van der Waals surface area contributed by atoms with Crippen LogP contribution in [-0.4, -0.2) is 46.1 Å².